The largest absolute Gasteiger partial charge is 0.379 e. The number of hydrogen-bond donors (Lipinski definition) is 0. The van der Waals surface area contributed by atoms with Crippen molar-refractivity contribution in [1.82, 2.24) is 9.88 Å². The molecule has 116 valence electrons. The van der Waals surface area contributed by atoms with Gasteiger partial charge in [0.25, 0.3) is 0 Å². The molecule has 3 heterocycles. The van der Waals surface area contributed by atoms with Gasteiger partial charge in [-0.25, -0.2) is 0 Å². The topological polar surface area (TPSA) is 28.6 Å². The highest BCUT2D eigenvalue weighted by Gasteiger charge is 2.22. The average molecular weight is 289 g/mol. The minimum absolute atomic E-state index is 0.849. The van der Waals surface area contributed by atoms with E-state index in [0.29, 0.717) is 0 Å². The van der Waals surface area contributed by atoms with Crippen molar-refractivity contribution in [3.05, 3.63) is 24.0 Å². The molecule has 0 radical (unpaired) electrons. The van der Waals surface area contributed by atoms with E-state index in [4.69, 9.17) is 4.74 Å². The Labute approximate surface area is 128 Å². The molecule has 2 saturated heterocycles. The van der Waals surface area contributed by atoms with Crippen LogP contribution in [0.25, 0.3) is 0 Å². The summed E-state index contributed by atoms with van der Waals surface area (Å²) >= 11 is 0. The van der Waals surface area contributed by atoms with Crippen molar-refractivity contribution in [3.63, 3.8) is 0 Å². The van der Waals surface area contributed by atoms with E-state index in [0.717, 1.165) is 38.6 Å². The summed E-state index contributed by atoms with van der Waals surface area (Å²) in [4.78, 5) is 9.58. The van der Waals surface area contributed by atoms with Gasteiger partial charge in [-0.2, -0.15) is 0 Å². The number of pyridine rings is 1. The molecule has 0 unspecified atom stereocenters. The van der Waals surface area contributed by atoms with Crippen LogP contribution in [0.4, 0.5) is 5.69 Å². The van der Waals surface area contributed by atoms with Crippen LogP contribution < -0.4 is 4.90 Å². The van der Waals surface area contributed by atoms with Gasteiger partial charge >= 0.3 is 0 Å². The molecule has 0 spiro atoms. The number of nitrogens with zero attached hydrogens (tertiary/aromatic N) is 3. The van der Waals surface area contributed by atoms with Crippen molar-refractivity contribution in [2.75, 3.05) is 50.8 Å². The first kappa shape index (κ1) is 14.8. The van der Waals surface area contributed by atoms with Crippen molar-refractivity contribution in [2.24, 2.45) is 5.92 Å². The molecular weight excluding hydrogens is 262 g/mol. The third kappa shape index (κ3) is 3.95. The van der Waals surface area contributed by atoms with Gasteiger partial charge in [-0.1, -0.05) is 6.92 Å². The van der Waals surface area contributed by atoms with Gasteiger partial charge in [0.1, 0.15) is 0 Å². The lowest BCUT2D eigenvalue weighted by molar-refractivity contribution is 0.0289. The summed E-state index contributed by atoms with van der Waals surface area (Å²) in [6, 6.07) is 4.39. The average Bonchev–Trinajstić information content (AvgIpc) is 2.57. The molecule has 2 fully saturated rings. The van der Waals surface area contributed by atoms with Crippen molar-refractivity contribution in [3.8, 4) is 0 Å². The summed E-state index contributed by atoms with van der Waals surface area (Å²) in [5.74, 6) is 0.849. The van der Waals surface area contributed by atoms with Gasteiger partial charge in [-0.05, 0) is 37.3 Å². The van der Waals surface area contributed by atoms with Gasteiger partial charge in [0, 0.05) is 38.4 Å². The Morgan fingerprint density at radius 2 is 1.90 bits per heavy atom. The predicted octanol–water partition coefficient (Wildman–Crippen LogP) is 2.19. The highest BCUT2D eigenvalue weighted by Crippen LogP contribution is 2.23. The van der Waals surface area contributed by atoms with Crippen molar-refractivity contribution in [2.45, 2.75) is 26.2 Å². The zero-order chi connectivity index (χ0) is 14.5. The number of anilines is 1. The summed E-state index contributed by atoms with van der Waals surface area (Å²) in [5.41, 5.74) is 2.47. The highest BCUT2D eigenvalue weighted by molar-refractivity contribution is 5.44. The van der Waals surface area contributed by atoms with E-state index in [-0.39, 0.29) is 0 Å². The molecule has 0 aliphatic carbocycles. The molecule has 0 saturated carbocycles. The molecule has 1 aromatic rings. The van der Waals surface area contributed by atoms with Crippen LogP contribution in [0.3, 0.4) is 0 Å². The zero-order valence-corrected chi connectivity index (χ0v) is 13.1. The van der Waals surface area contributed by atoms with Crippen molar-refractivity contribution >= 4 is 5.69 Å². The van der Waals surface area contributed by atoms with Crippen LogP contribution in [0.5, 0.6) is 0 Å². The maximum Gasteiger partial charge on any atom is 0.0594 e. The number of morpholine rings is 1. The summed E-state index contributed by atoms with van der Waals surface area (Å²) in [5, 5.41) is 0. The first-order chi connectivity index (χ1) is 10.3. The number of piperidine rings is 1. The van der Waals surface area contributed by atoms with E-state index >= 15 is 0 Å². The molecule has 2 aliphatic heterocycles. The standard InChI is InChI=1S/C17H27N3O/c1-2-16-3-4-17(13-18-16)20-7-5-15(6-8-20)14-19-9-11-21-12-10-19/h3-4,13,15H,2,5-12,14H2,1H3. The second-order valence-electron chi connectivity index (χ2n) is 6.20. The Morgan fingerprint density at radius 3 is 2.52 bits per heavy atom. The Bertz CT molecular complexity index is 420. The maximum absolute atomic E-state index is 5.43. The number of aryl methyl sites for hydroxylation is 1. The first-order valence-corrected chi connectivity index (χ1v) is 8.35. The summed E-state index contributed by atoms with van der Waals surface area (Å²) in [7, 11) is 0. The minimum Gasteiger partial charge on any atom is -0.379 e. The molecule has 4 heteroatoms. The van der Waals surface area contributed by atoms with Crippen LogP contribution in [-0.4, -0.2) is 55.8 Å². The third-order valence-corrected chi connectivity index (χ3v) is 4.77. The van der Waals surface area contributed by atoms with Crippen molar-refractivity contribution < 1.29 is 4.74 Å². The van der Waals surface area contributed by atoms with Gasteiger partial charge < -0.3 is 9.64 Å². The molecule has 4 nitrogen and oxygen atoms in total. The SMILES string of the molecule is CCc1ccc(N2CCC(CN3CCOCC3)CC2)cn1. The monoisotopic (exact) mass is 289 g/mol. The van der Waals surface area contributed by atoms with Gasteiger partial charge in [-0.3, -0.25) is 9.88 Å². The molecule has 0 bridgehead atoms. The molecule has 3 rings (SSSR count). The Hall–Kier alpha value is -1.13. The number of ether oxygens (including phenoxy) is 1. The number of rotatable bonds is 4. The Morgan fingerprint density at radius 1 is 1.14 bits per heavy atom. The minimum atomic E-state index is 0.849. The van der Waals surface area contributed by atoms with Crippen LogP contribution >= 0.6 is 0 Å². The Kier molecular flexibility index (Phi) is 5.09. The summed E-state index contributed by atoms with van der Waals surface area (Å²) in [6.45, 7) is 9.79. The highest BCUT2D eigenvalue weighted by atomic mass is 16.5. The third-order valence-electron chi connectivity index (χ3n) is 4.77. The fourth-order valence-electron chi connectivity index (χ4n) is 3.34. The molecule has 0 aromatic carbocycles. The second-order valence-corrected chi connectivity index (χ2v) is 6.20. The van der Waals surface area contributed by atoms with Crippen LogP contribution in [-0.2, 0) is 11.2 Å². The molecule has 21 heavy (non-hydrogen) atoms. The second kappa shape index (κ2) is 7.23. The number of hydrogen-bond acceptors (Lipinski definition) is 4. The van der Waals surface area contributed by atoms with Crippen LogP contribution in [0, 0.1) is 5.92 Å². The normalized spacial score (nSPS) is 21.7. The van der Waals surface area contributed by atoms with Crippen LogP contribution in [0.15, 0.2) is 18.3 Å². The lowest BCUT2D eigenvalue weighted by Crippen LogP contribution is -2.42. The quantitative estimate of drug-likeness (QED) is 0.849. The van der Waals surface area contributed by atoms with E-state index in [1.165, 1.54) is 43.9 Å². The van der Waals surface area contributed by atoms with Gasteiger partial charge in [0.05, 0.1) is 25.1 Å². The Balaban J connectivity index is 1.47. The summed E-state index contributed by atoms with van der Waals surface area (Å²) in [6.07, 6.45) is 5.66. The zero-order valence-electron chi connectivity index (χ0n) is 13.1. The maximum atomic E-state index is 5.43. The lowest BCUT2D eigenvalue weighted by atomic mass is 9.95. The fourth-order valence-corrected chi connectivity index (χ4v) is 3.34. The molecule has 2 aliphatic rings. The molecular formula is C17H27N3O. The van der Waals surface area contributed by atoms with Crippen LogP contribution in [0.1, 0.15) is 25.5 Å². The molecule has 0 N–H and O–H groups in total. The van der Waals surface area contributed by atoms with E-state index in [1.807, 2.05) is 6.20 Å². The summed E-state index contributed by atoms with van der Waals surface area (Å²) < 4.78 is 5.43. The van der Waals surface area contributed by atoms with E-state index in [1.54, 1.807) is 0 Å². The van der Waals surface area contributed by atoms with Crippen molar-refractivity contribution in [1.29, 1.82) is 0 Å². The molecule has 0 atom stereocenters. The van der Waals surface area contributed by atoms with Gasteiger partial charge in [-0.15, -0.1) is 0 Å². The van der Waals surface area contributed by atoms with Crippen LogP contribution in [0.2, 0.25) is 0 Å². The van der Waals surface area contributed by atoms with E-state index in [2.05, 4.69) is 33.8 Å². The van der Waals surface area contributed by atoms with E-state index < -0.39 is 0 Å². The molecule has 0 amide bonds. The number of aromatic nitrogens is 1. The van der Waals surface area contributed by atoms with E-state index in [9.17, 15) is 0 Å². The van der Waals surface area contributed by atoms with Gasteiger partial charge in [0.15, 0.2) is 0 Å². The van der Waals surface area contributed by atoms with Gasteiger partial charge in [0.2, 0.25) is 0 Å². The predicted molar refractivity (Wildman–Crippen MR) is 85.8 cm³/mol. The fraction of sp³-hybridized carbons (Fsp3) is 0.706. The smallest absolute Gasteiger partial charge is 0.0594 e. The molecule has 1 aromatic heterocycles. The lowest BCUT2D eigenvalue weighted by Gasteiger charge is -2.36. The first-order valence-electron chi connectivity index (χ1n) is 8.35.